The number of nitrogens with two attached hydrogens (primary N) is 1. The van der Waals surface area contributed by atoms with E-state index in [9.17, 15) is 0 Å². The van der Waals surface area contributed by atoms with Crippen LogP contribution in [0.1, 0.15) is 22.3 Å². The van der Waals surface area contributed by atoms with Gasteiger partial charge in [0.1, 0.15) is 10.7 Å². The molecule has 1 aromatic carbocycles. The summed E-state index contributed by atoms with van der Waals surface area (Å²) in [6.07, 6.45) is 1.69. The summed E-state index contributed by atoms with van der Waals surface area (Å²) in [4.78, 5) is 4.53. The van der Waals surface area contributed by atoms with E-state index in [2.05, 4.69) is 11.1 Å². The van der Waals surface area contributed by atoms with Crippen LogP contribution in [0.4, 0.5) is 0 Å². The van der Waals surface area contributed by atoms with Gasteiger partial charge in [0, 0.05) is 6.20 Å². The first-order valence-corrected chi connectivity index (χ1v) is 6.40. The third kappa shape index (κ3) is 2.90. The molecule has 0 aliphatic heterocycles. The first-order chi connectivity index (χ1) is 8.99. The molecule has 0 saturated heterocycles. The molecular weight excluding hydrogens is 256 g/mol. The second-order valence-corrected chi connectivity index (χ2v) is 4.98. The first-order valence-electron chi connectivity index (χ1n) is 5.99. The number of hydrogen-bond acceptors (Lipinski definition) is 3. The normalized spacial score (nSPS) is 10.3. The van der Waals surface area contributed by atoms with Gasteiger partial charge in [-0.2, -0.15) is 0 Å². The Morgan fingerprint density at radius 3 is 2.53 bits per heavy atom. The maximum atomic E-state index is 5.86. The van der Waals surface area contributed by atoms with Gasteiger partial charge in [-0.15, -0.1) is 0 Å². The second-order valence-electron chi connectivity index (χ2n) is 4.54. The van der Waals surface area contributed by atoms with Crippen LogP contribution in [-0.4, -0.2) is 9.97 Å². The van der Waals surface area contributed by atoms with Crippen LogP contribution in [0.5, 0.6) is 11.6 Å². The number of rotatable bonds is 3. The van der Waals surface area contributed by atoms with Crippen LogP contribution in [0.2, 0.25) is 0 Å². The molecule has 0 radical (unpaired) electrons. The van der Waals surface area contributed by atoms with E-state index in [0.29, 0.717) is 16.4 Å². The highest BCUT2D eigenvalue weighted by Gasteiger charge is 2.13. The molecule has 0 spiro atoms. The molecule has 0 fully saturated rings. The van der Waals surface area contributed by atoms with Crippen molar-refractivity contribution >= 4 is 17.2 Å². The maximum absolute atomic E-state index is 5.86. The molecule has 0 aliphatic rings. The van der Waals surface area contributed by atoms with Crippen LogP contribution in [0.15, 0.2) is 30.5 Å². The van der Waals surface area contributed by atoms with Crippen molar-refractivity contribution in [1.82, 2.24) is 4.98 Å². The van der Waals surface area contributed by atoms with Gasteiger partial charge >= 0.3 is 0 Å². The minimum Gasteiger partial charge on any atom is -0.438 e. The fraction of sp³-hybridized carbons (Fsp3) is 0.200. The van der Waals surface area contributed by atoms with Gasteiger partial charge in [-0.1, -0.05) is 29.9 Å². The van der Waals surface area contributed by atoms with Gasteiger partial charge in [-0.25, -0.2) is 4.98 Å². The van der Waals surface area contributed by atoms with Gasteiger partial charge < -0.3 is 10.5 Å². The van der Waals surface area contributed by atoms with Crippen molar-refractivity contribution in [2.24, 2.45) is 5.73 Å². The fourth-order valence-corrected chi connectivity index (χ4v) is 2.18. The highest BCUT2D eigenvalue weighted by molar-refractivity contribution is 7.80. The Hall–Kier alpha value is -1.94. The molecule has 0 aliphatic carbocycles. The van der Waals surface area contributed by atoms with Crippen LogP contribution in [0.25, 0.3) is 0 Å². The minimum atomic E-state index is 0.297. The highest BCUT2D eigenvalue weighted by Crippen LogP contribution is 2.28. The third-order valence-electron chi connectivity index (χ3n) is 2.91. The van der Waals surface area contributed by atoms with Gasteiger partial charge in [0.2, 0.25) is 5.88 Å². The van der Waals surface area contributed by atoms with Gasteiger partial charge in [0.15, 0.2) is 0 Å². The summed E-state index contributed by atoms with van der Waals surface area (Å²) in [6, 6.07) is 7.85. The SMILES string of the molecule is Cc1ccc(Oc2nccc(C)c2C(N)=S)c(C)c1. The van der Waals surface area contributed by atoms with E-state index in [1.807, 2.05) is 39.0 Å². The van der Waals surface area contributed by atoms with E-state index >= 15 is 0 Å². The predicted octanol–water partition coefficient (Wildman–Crippen LogP) is 3.43. The lowest BCUT2D eigenvalue weighted by molar-refractivity contribution is 0.458. The van der Waals surface area contributed by atoms with Crippen molar-refractivity contribution in [2.75, 3.05) is 0 Å². The molecule has 2 aromatic rings. The quantitative estimate of drug-likeness (QED) is 0.870. The Kier molecular flexibility index (Phi) is 3.81. The Morgan fingerprint density at radius 1 is 1.16 bits per heavy atom. The maximum Gasteiger partial charge on any atom is 0.229 e. The predicted molar refractivity (Wildman–Crippen MR) is 80.9 cm³/mol. The van der Waals surface area contributed by atoms with Crippen molar-refractivity contribution in [1.29, 1.82) is 0 Å². The summed E-state index contributed by atoms with van der Waals surface area (Å²) in [6.45, 7) is 5.98. The van der Waals surface area contributed by atoms with Crippen molar-refractivity contribution in [3.05, 3.63) is 52.7 Å². The smallest absolute Gasteiger partial charge is 0.229 e. The van der Waals surface area contributed by atoms with E-state index in [-0.39, 0.29) is 0 Å². The number of aryl methyl sites for hydroxylation is 3. The van der Waals surface area contributed by atoms with E-state index in [0.717, 1.165) is 16.9 Å². The van der Waals surface area contributed by atoms with Gasteiger partial charge in [0.05, 0.1) is 5.56 Å². The number of benzene rings is 1. The molecule has 4 heteroatoms. The molecular formula is C15H16N2OS. The fourth-order valence-electron chi connectivity index (χ4n) is 1.93. The molecule has 98 valence electrons. The van der Waals surface area contributed by atoms with Gasteiger partial charge in [-0.3, -0.25) is 0 Å². The summed E-state index contributed by atoms with van der Waals surface area (Å²) < 4.78 is 5.86. The average Bonchev–Trinajstić information content (AvgIpc) is 2.32. The van der Waals surface area contributed by atoms with E-state index < -0.39 is 0 Å². The Morgan fingerprint density at radius 2 is 1.89 bits per heavy atom. The molecule has 0 saturated carbocycles. The number of aromatic nitrogens is 1. The van der Waals surface area contributed by atoms with E-state index in [1.165, 1.54) is 5.56 Å². The van der Waals surface area contributed by atoms with E-state index in [1.54, 1.807) is 6.20 Å². The molecule has 1 aromatic heterocycles. The molecule has 0 bridgehead atoms. The van der Waals surface area contributed by atoms with Crippen LogP contribution in [0.3, 0.4) is 0 Å². The lowest BCUT2D eigenvalue weighted by Gasteiger charge is -2.13. The molecule has 1 heterocycles. The third-order valence-corrected chi connectivity index (χ3v) is 3.11. The molecule has 0 atom stereocenters. The first kappa shape index (κ1) is 13.5. The number of hydrogen-bond donors (Lipinski definition) is 1. The standard InChI is InChI=1S/C15H16N2OS/c1-9-4-5-12(11(3)8-9)18-15-13(14(16)19)10(2)6-7-17-15/h4-8H,1-3H3,(H2,16,19). The van der Waals surface area contributed by atoms with Crippen LogP contribution < -0.4 is 10.5 Å². The summed E-state index contributed by atoms with van der Waals surface area (Å²) >= 11 is 5.06. The molecule has 2 rings (SSSR count). The Balaban J connectivity index is 2.44. The lowest BCUT2D eigenvalue weighted by atomic mass is 10.1. The van der Waals surface area contributed by atoms with Crippen molar-refractivity contribution < 1.29 is 4.74 Å². The second kappa shape index (κ2) is 5.36. The molecule has 0 amide bonds. The lowest BCUT2D eigenvalue weighted by Crippen LogP contribution is -2.13. The monoisotopic (exact) mass is 272 g/mol. The van der Waals surface area contributed by atoms with Crippen LogP contribution in [-0.2, 0) is 0 Å². The molecule has 0 unspecified atom stereocenters. The summed E-state index contributed by atoms with van der Waals surface area (Å²) in [5.74, 6) is 1.22. The van der Waals surface area contributed by atoms with Crippen molar-refractivity contribution in [3.63, 3.8) is 0 Å². The summed E-state index contributed by atoms with van der Waals surface area (Å²) in [5.41, 5.74) is 9.64. The minimum absolute atomic E-state index is 0.297. The molecule has 2 N–H and O–H groups in total. The zero-order chi connectivity index (χ0) is 14.0. The Bertz CT molecular complexity index is 638. The van der Waals surface area contributed by atoms with Crippen LogP contribution in [0, 0.1) is 20.8 Å². The van der Waals surface area contributed by atoms with Gasteiger partial charge in [-0.05, 0) is 44.0 Å². The zero-order valence-electron chi connectivity index (χ0n) is 11.2. The topological polar surface area (TPSA) is 48.1 Å². The van der Waals surface area contributed by atoms with Crippen LogP contribution >= 0.6 is 12.2 Å². The zero-order valence-corrected chi connectivity index (χ0v) is 12.0. The largest absolute Gasteiger partial charge is 0.438 e. The Labute approximate surface area is 118 Å². The average molecular weight is 272 g/mol. The highest BCUT2D eigenvalue weighted by atomic mass is 32.1. The summed E-state index contributed by atoms with van der Waals surface area (Å²) in [5, 5.41) is 0. The summed E-state index contributed by atoms with van der Waals surface area (Å²) in [7, 11) is 0. The van der Waals surface area contributed by atoms with Crippen molar-refractivity contribution in [2.45, 2.75) is 20.8 Å². The number of nitrogens with zero attached hydrogens (tertiary/aromatic N) is 1. The number of ether oxygens (including phenoxy) is 1. The molecule has 3 nitrogen and oxygen atoms in total. The number of pyridine rings is 1. The van der Waals surface area contributed by atoms with Gasteiger partial charge in [0.25, 0.3) is 0 Å². The number of thiocarbonyl (C=S) groups is 1. The molecule has 19 heavy (non-hydrogen) atoms. The van der Waals surface area contributed by atoms with E-state index in [4.69, 9.17) is 22.7 Å². The van der Waals surface area contributed by atoms with Crippen molar-refractivity contribution in [3.8, 4) is 11.6 Å².